The first-order valence-corrected chi connectivity index (χ1v) is 9.87. The van der Waals surface area contributed by atoms with Crippen LogP contribution in [0.2, 0.25) is 0 Å². The molecule has 0 aromatic heterocycles. The van der Waals surface area contributed by atoms with Gasteiger partial charge in [-0.3, -0.25) is 9.69 Å². The van der Waals surface area contributed by atoms with Crippen LogP contribution in [-0.2, 0) is 19.0 Å². The molecule has 6 nitrogen and oxygen atoms in total. The smallest absolute Gasteiger partial charge is 0.240 e. The number of hydrogen-bond donors (Lipinski definition) is 0. The summed E-state index contributed by atoms with van der Waals surface area (Å²) in [5.41, 5.74) is 0. The van der Waals surface area contributed by atoms with Crippen LogP contribution in [-0.4, -0.2) is 79.6 Å². The fourth-order valence-electron chi connectivity index (χ4n) is 4.54. The van der Waals surface area contributed by atoms with Gasteiger partial charge in [0.05, 0.1) is 31.5 Å². The Hall–Kier alpha value is -0.690. The third-order valence-electron chi connectivity index (χ3n) is 5.61. The van der Waals surface area contributed by atoms with Crippen molar-refractivity contribution in [2.24, 2.45) is 11.8 Å². The van der Waals surface area contributed by atoms with Crippen molar-refractivity contribution >= 4 is 5.91 Å². The van der Waals surface area contributed by atoms with Crippen molar-refractivity contribution in [3.63, 3.8) is 0 Å². The second-order valence-electron chi connectivity index (χ2n) is 8.17. The number of amides is 1. The van der Waals surface area contributed by atoms with E-state index in [1.165, 1.54) is 0 Å². The topological polar surface area (TPSA) is 51.2 Å². The van der Waals surface area contributed by atoms with Gasteiger partial charge in [0.2, 0.25) is 5.91 Å². The summed E-state index contributed by atoms with van der Waals surface area (Å²) in [6.45, 7) is 13.2. The zero-order valence-electron chi connectivity index (χ0n) is 16.1. The molecule has 3 unspecified atom stereocenters. The molecular weight excluding hydrogens is 320 g/mol. The van der Waals surface area contributed by atoms with Crippen molar-refractivity contribution < 1.29 is 19.0 Å². The molecule has 0 radical (unpaired) electrons. The van der Waals surface area contributed by atoms with Gasteiger partial charge < -0.3 is 19.1 Å². The van der Waals surface area contributed by atoms with Gasteiger partial charge in [-0.05, 0) is 32.6 Å². The quantitative estimate of drug-likeness (QED) is 0.770. The molecular formula is C19H34N2O4. The van der Waals surface area contributed by atoms with Crippen LogP contribution in [0.4, 0.5) is 0 Å². The average molecular weight is 354 g/mol. The summed E-state index contributed by atoms with van der Waals surface area (Å²) in [6.07, 6.45) is 2.24. The molecule has 0 spiro atoms. The van der Waals surface area contributed by atoms with Crippen LogP contribution in [0.1, 0.15) is 40.5 Å². The fraction of sp³-hybridized carbons (Fsp3) is 0.947. The first-order valence-electron chi connectivity index (χ1n) is 9.87. The van der Waals surface area contributed by atoms with E-state index in [1.807, 2.05) is 0 Å². The van der Waals surface area contributed by atoms with Crippen LogP contribution in [0.3, 0.4) is 0 Å². The van der Waals surface area contributed by atoms with Gasteiger partial charge in [-0.25, -0.2) is 0 Å². The highest BCUT2D eigenvalue weighted by atomic mass is 16.7. The van der Waals surface area contributed by atoms with Crippen molar-refractivity contribution in [1.82, 2.24) is 9.80 Å². The first-order chi connectivity index (χ1) is 12.0. The van der Waals surface area contributed by atoms with E-state index in [1.54, 1.807) is 0 Å². The molecule has 0 aromatic carbocycles. The van der Waals surface area contributed by atoms with Crippen LogP contribution in [0, 0.1) is 11.8 Å². The van der Waals surface area contributed by atoms with Gasteiger partial charge in [0.15, 0.2) is 6.29 Å². The Kier molecular flexibility index (Phi) is 6.36. The lowest BCUT2D eigenvalue weighted by Crippen LogP contribution is -2.58. The highest BCUT2D eigenvalue weighted by molar-refractivity contribution is 5.82. The molecule has 3 aliphatic rings. The largest absolute Gasteiger partial charge is 0.373 e. The lowest BCUT2D eigenvalue weighted by Gasteiger charge is -2.43. The third-order valence-corrected chi connectivity index (χ3v) is 5.61. The van der Waals surface area contributed by atoms with E-state index in [4.69, 9.17) is 14.2 Å². The minimum Gasteiger partial charge on any atom is -0.373 e. The number of ether oxygens (including phenoxy) is 3. The SMILES string of the molecule is CC1CN(C(C(=O)N2CCC(C3OCCO3)CC2)C(C)C)CC(C)O1. The predicted molar refractivity (Wildman–Crippen MR) is 95.2 cm³/mol. The maximum Gasteiger partial charge on any atom is 0.240 e. The number of likely N-dealkylation sites (tertiary alicyclic amines) is 1. The van der Waals surface area contributed by atoms with Crippen molar-refractivity contribution in [2.45, 2.75) is 65.1 Å². The average Bonchev–Trinajstić information content (AvgIpc) is 3.08. The van der Waals surface area contributed by atoms with Crippen LogP contribution in [0.25, 0.3) is 0 Å². The second-order valence-corrected chi connectivity index (χ2v) is 8.17. The first kappa shape index (κ1) is 19.1. The minimum atomic E-state index is -0.0564. The molecule has 3 aliphatic heterocycles. The van der Waals surface area contributed by atoms with E-state index in [2.05, 4.69) is 37.5 Å². The number of carbonyl (C=O) groups is 1. The number of hydrogen-bond acceptors (Lipinski definition) is 5. The summed E-state index contributed by atoms with van der Waals surface area (Å²) >= 11 is 0. The molecule has 0 aromatic rings. The maximum absolute atomic E-state index is 13.3. The van der Waals surface area contributed by atoms with E-state index in [9.17, 15) is 4.79 Å². The number of nitrogens with zero attached hydrogens (tertiary/aromatic N) is 2. The highest BCUT2D eigenvalue weighted by Crippen LogP contribution is 2.28. The molecule has 0 N–H and O–H groups in total. The van der Waals surface area contributed by atoms with E-state index in [0.29, 0.717) is 25.0 Å². The Morgan fingerprint density at radius 1 is 1.00 bits per heavy atom. The molecule has 3 rings (SSSR count). The van der Waals surface area contributed by atoms with Crippen molar-refractivity contribution in [2.75, 3.05) is 39.4 Å². The predicted octanol–water partition coefficient (Wildman–Crippen LogP) is 1.73. The van der Waals surface area contributed by atoms with Gasteiger partial charge in [-0.1, -0.05) is 13.8 Å². The normalized spacial score (nSPS) is 31.6. The van der Waals surface area contributed by atoms with E-state index < -0.39 is 0 Å². The summed E-state index contributed by atoms with van der Waals surface area (Å²) in [6, 6.07) is -0.0515. The van der Waals surface area contributed by atoms with Crippen LogP contribution in [0.5, 0.6) is 0 Å². The maximum atomic E-state index is 13.3. The zero-order chi connectivity index (χ0) is 18.0. The summed E-state index contributed by atoms with van der Waals surface area (Å²) in [4.78, 5) is 17.7. The lowest BCUT2D eigenvalue weighted by atomic mass is 9.93. The number of piperidine rings is 1. The fourth-order valence-corrected chi connectivity index (χ4v) is 4.54. The molecule has 3 atom stereocenters. The Morgan fingerprint density at radius 2 is 1.56 bits per heavy atom. The van der Waals surface area contributed by atoms with Gasteiger partial charge in [-0.2, -0.15) is 0 Å². The van der Waals surface area contributed by atoms with Gasteiger partial charge in [-0.15, -0.1) is 0 Å². The van der Waals surface area contributed by atoms with E-state index >= 15 is 0 Å². The van der Waals surface area contributed by atoms with Crippen molar-refractivity contribution in [1.29, 1.82) is 0 Å². The molecule has 1 amide bonds. The molecule has 144 valence electrons. The minimum absolute atomic E-state index is 0.0515. The molecule has 0 aliphatic carbocycles. The molecule has 0 bridgehead atoms. The second kappa shape index (κ2) is 8.33. The Labute approximate surface area is 151 Å². The Bertz CT molecular complexity index is 435. The van der Waals surface area contributed by atoms with Gasteiger partial charge in [0.25, 0.3) is 0 Å². The molecule has 3 saturated heterocycles. The standard InChI is InChI=1S/C19H34N2O4/c1-13(2)17(21-11-14(3)25-15(4)12-21)18(22)20-7-5-16(6-8-20)19-23-9-10-24-19/h13-17,19H,5-12H2,1-4H3. The molecule has 3 heterocycles. The van der Waals surface area contributed by atoms with E-state index in [-0.39, 0.29) is 30.4 Å². The van der Waals surface area contributed by atoms with Gasteiger partial charge >= 0.3 is 0 Å². The van der Waals surface area contributed by atoms with Crippen LogP contribution >= 0.6 is 0 Å². The summed E-state index contributed by atoms with van der Waals surface area (Å²) in [7, 11) is 0. The molecule has 6 heteroatoms. The van der Waals surface area contributed by atoms with E-state index in [0.717, 1.165) is 39.0 Å². The number of carbonyl (C=O) groups excluding carboxylic acids is 1. The zero-order valence-corrected chi connectivity index (χ0v) is 16.1. The number of rotatable bonds is 4. The van der Waals surface area contributed by atoms with Crippen molar-refractivity contribution in [3.8, 4) is 0 Å². The van der Waals surface area contributed by atoms with Crippen molar-refractivity contribution in [3.05, 3.63) is 0 Å². The highest BCUT2D eigenvalue weighted by Gasteiger charge is 2.38. The number of morpholine rings is 1. The lowest BCUT2D eigenvalue weighted by molar-refractivity contribution is -0.149. The van der Waals surface area contributed by atoms with Gasteiger partial charge in [0.1, 0.15) is 0 Å². The van der Waals surface area contributed by atoms with Crippen LogP contribution < -0.4 is 0 Å². The summed E-state index contributed by atoms with van der Waals surface area (Å²) in [5, 5.41) is 0. The van der Waals surface area contributed by atoms with Gasteiger partial charge in [0, 0.05) is 32.1 Å². The molecule has 0 saturated carbocycles. The monoisotopic (exact) mass is 354 g/mol. The summed E-state index contributed by atoms with van der Waals surface area (Å²) < 4.78 is 17.1. The summed E-state index contributed by atoms with van der Waals surface area (Å²) in [5.74, 6) is 1.000. The third kappa shape index (κ3) is 4.54. The Balaban J connectivity index is 1.59. The Morgan fingerprint density at radius 3 is 2.08 bits per heavy atom. The molecule has 3 fully saturated rings. The molecule has 25 heavy (non-hydrogen) atoms. The van der Waals surface area contributed by atoms with Crippen LogP contribution in [0.15, 0.2) is 0 Å².